The average Bonchev–Trinajstić information content (AvgIpc) is 2.96. The second-order valence-corrected chi connectivity index (χ2v) is 6.34. The van der Waals surface area contributed by atoms with Gasteiger partial charge in [-0.3, -0.25) is 13.9 Å². The van der Waals surface area contributed by atoms with Crippen LogP contribution in [0.1, 0.15) is 23.7 Å². The molecular weight excluding hydrogens is 334 g/mol. The van der Waals surface area contributed by atoms with Crippen molar-refractivity contribution in [3.8, 4) is 5.75 Å². The zero-order valence-electron chi connectivity index (χ0n) is 15.4. The fourth-order valence-electron chi connectivity index (χ4n) is 3.38. The maximum Gasteiger partial charge on any atom is 0.332 e. The van der Waals surface area contributed by atoms with Crippen LogP contribution in [0, 0.1) is 6.92 Å². The molecule has 2 heterocycles. The molecule has 0 amide bonds. The lowest BCUT2D eigenvalue weighted by Crippen LogP contribution is -2.37. The summed E-state index contributed by atoms with van der Waals surface area (Å²) in [5, 5.41) is 10.3. The van der Waals surface area contributed by atoms with Crippen LogP contribution in [0.4, 0.5) is 0 Å². The second kappa shape index (κ2) is 6.84. The summed E-state index contributed by atoms with van der Waals surface area (Å²) in [6.07, 6.45) is 0. The van der Waals surface area contributed by atoms with Crippen molar-refractivity contribution < 1.29 is 9.84 Å². The largest absolute Gasteiger partial charge is 0.487 e. The molecule has 7 heteroatoms. The summed E-state index contributed by atoms with van der Waals surface area (Å²) in [5.74, 6) is 0.712. The highest BCUT2D eigenvalue weighted by Crippen LogP contribution is 2.25. The van der Waals surface area contributed by atoms with Crippen molar-refractivity contribution in [2.45, 2.75) is 33.6 Å². The number of rotatable bonds is 5. The van der Waals surface area contributed by atoms with Crippen LogP contribution in [0.5, 0.6) is 5.75 Å². The number of fused-ring (bicyclic) bond motifs is 1. The molecule has 0 bridgehead atoms. The molecule has 0 radical (unpaired) electrons. The van der Waals surface area contributed by atoms with Gasteiger partial charge >= 0.3 is 5.69 Å². The third-order valence-electron chi connectivity index (χ3n) is 4.70. The van der Waals surface area contributed by atoms with Crippen molar-refractivity contribution in [3.63, 3.8) is 0 Å². The predicted octanol–water partition coefficient (Wildman–Crippen LogP) is 1.44. The van der Waals surface area contributed by atoms with Crippen LogP contribution < -0.4 is 16.0 Å². The van der Waals surface area contributed by atoms with E-state index in [1.165, 1.54) is 11.6 Å². The smallest absolute Gasteiger partial charge is 0.332 e. The molecule has 0 fully saturated rings. The molecule has 0 saturated carbocycles. The molecule has 1 aromatic carbocycles. The molecule has 0 saturated heterocycles. The number of aliphatic hydroxyl groups is 1. The lowest BCUT2D eigenvalue weighted by Gasteiger charge is -2.12. The lowest BCUT2D eigenvalue weighted by atomic mass is 10.2. The molecule has 138 valence electrons. The van der Waals surface area contributed by atoms with E-state index in [1.807, 2.05) is 42.7 Å². The molecule has 0 aliphatic heterocycles. The van der Waals surface area contributed by atoms with Crippen LogP contribution >= 0.6 is 0 Å². The van der Waals surface area contributed by atoms with E-state index in [0.29, 0.717) is 34.6 Å². The summed E-state index contributed by atoms with van der Waals surface area (Å²) in [6.45, 7) is 4.35. The molecule has 0 unspecified atom stereocenters. The normalized spacial score (nSPS) is 11.3. The van der Waals surface area contributed by atoms with Crippen molar-refractivity contribution in [2.75, 3.05) is 0 Å². The van der Waals surface area contributed by atoms with Crippen molar-refractivity contribution in [1.29, 1.82) is 0 Å². The summed E-state index contributed by atoms with van der Waals surface area (Å²) >= 11 is 0. The van der Waals surface area contributed by atoms with Crippen LogP contribution in [0.2, 0.25) is 0 Å². The molecule has 3 aromatic rings. The highest BCUT2D eigenvalue weighted by Gasteiger charge is 2.23. The summed E-state index contributed by atoms with van der Waals surface area (Å²) in [7, 11) is 3.07. The molecule has 2 aromatic heterocycles. The monoisotopic (exact) mass is 357 g/mol. The van der Waals surface area contributed by atoms with Crippen molar-refractivity contribution in [2.24, 2.45) is 14.1 Å². The number of benzene rings is 1. The Kier molecular flexibility index (Phi) is 4.73. The Balaban J connectivity index is 2.21. The zero-order valence-corrected chi connectivity index (χ0v) is 15.4. The Morgan fingerprint density at radius 2 is 1.88 bits per heavy atom. The minimum atomic E-state index is -0.406. The van der Waals surface area contributed by atoms with E-state index < -0.39 is 11.2 Å². The Morgan fingerprint density at radius 1 is 1.15 bits per heavy atom. The lowest BCUT2D eigenvalue weighted by molar-refractivity contribution is 0.266. The number of aliphatic hydroxyl groups excluding tert-OH is 1. The first-order valence-corrected chi connectivity index (χ1v) is 8.51. The Hall–Kier alpha value is -2.80. The maximum atomic E-state index is 12.7. The predicted molar refractivity (Wildman–Crippen MR) is 99.5 cm³/mol. The highest BCUT2D eigenvalue weighted by molar-refractivity contribution is 5.81. The van der Waals surface area contributed by atoms with Crippen LogP contribution in [0.3, 0.4) is 0 Å². The number of nitrogens with zero attached hydrogens (tertiary/aromatic N) is 3. The van der Waals surface area contributed by atoms with Gasteiger partial charge in [-0.2, -0.15) is 0 Å². The first-order chi connectivity index (χ1) is 12.4. The van der Waals surface area contributed by atoms with Crippen molar-refractivity contribution >= 4 is 11.0 Å². The van der Waals surface area contributed by atoms with E-state index >= 15 is 0 Å². The zero-order chi connectivity index (χ0) is 19.0. The SMILES string of the molecule is CCn1c(COc2cccc(C)c2)c(CO)c2c(=O)n(C)c(=O)n(C)c21. The van der Waals surface area contributed by atoms with Crippen LogP contribution in [-0.2, 0) is 33.9 Å². The van der Waals surface area contributed by atoms with Gasteiger partial charge in [0.25, 0.3) is 5.56 Å². The molecule has 0 aliphatic rings. The van der Waals surface area contributed by atoms with Gasteiger partial charge in [-0.25, -0.2) is 4.79 Å². The fourth-order valence-corrected chi connectivity index (χ4v) is 3.38. The van der Waals surface area contributed by atoms with E-state index in [-0.39, 0.29) is 13.2 Å². The van der Waals surface area contributed by atoms with E-state index in [1.54, 1.807) is 7.05 Å². The van der Waals surface area contributed by atoms with Gasteiger partial charge in [0.2, 0.25) is 0 Å². The molecule has 0 spiro atoms. The van der Waals surface area contributed by atoms with Crippen molar-refractivity contribution in [1.82, 2.24) is 13.7 Å². The molecular formula is C19H23N3O4. The van der Waals surface area contributed by atoms with E-state index in [0.717, 1.165) is 10.1 Å². The third-order valence-corrected chi connectivity index (χ3v) is 4.70. The molecule has 3 rings (SSSR count). The van der Waals surface area contributed by atoms with Gasteiger partial charge < -0.3 is 14.4 Å². The Labute approximate surface area is 150 Å². The van der Waals surface area contributed by atoms with Gasteiger partial charge in [0.1, 0.15) is 18.0 Å². The number of ether oxygens (including phenoxy) is 1. The topological polar surface area (TPSA) is 78.4 Å². The van der Waals surface area contributed by atoms with Crippen LogP contribution in [-0.4, -0.2) is 18.8 Å². The minimum absolute atomic E-state index is 0.194. The van der Waals surface area contributed by atoms with Gasteiger partial charge in [-0.15, -0.1) is 0 Å². The van der Waals surface area contributed by atoms with Gasteiger partial charge in [0, 0.05) is 26.2 Å². The number of hydrogen-bond acceptors (Lipinski definition) is 4. The van der Waals surface area contributed by atoms with Crippen LogP contribution in [0.15, 0.2) is 33.9 Å². The quantitative estimate of drug-likeness (QED) is 0.749. The molecule has 7 nitrogen and oxygen atoms in total. The molecule has 26 heavy (non-hydrogen) atoms. The molecule has 0 atom stereocenters. The van der Waals surface area contributed by atoms with Crippen molar-refractivity contribution in [3.05, 3.63) is 61.9 Å². The first-order valence-electron chi connectivity index (χ1n) is 8.51. The third kappa shape index (κ3) is 2.74. The number of aryl methyl sites for hydroxylation is 3. The maximum absolute atomic E-state index is 12.7. The van der Waals surface area contributed by atoms with Gasteiger partial charge in [0.05, 0.1) is 17.7 Å². The van der Waals surface area contributed by atoms with Crippen LogP contribution in [0.25, 0.3) is 11.0 Å². The van der Waals surface area contributed by atoms with E-state index in [2.05, 4.69) is 0 Å². The summed E-state index contributed by atoms with van der Waals surface area (Å²) in [6, 6.07) is 7.67. The van der Waals surface area contributed by atoms with Gasteiger partial charge in [-0.1, -0.05) is 12.1 Å². The Morgan fingerprint density at radius 3 is 2.50 bits per heavy atom. The van der Waals surface area contributed by atoms with Gasteiger partial charge in [0.15, 0.2) is 0 Å². The summed E-state index contributed by atoms with van der Waals surface area (Å²) in [5.41, 5.74) is 1.99. The van der Waals surface area contributed by atoms with Gasteiger partial charge in [-0.05, 0) is 31.5 Å². The Bertz CT molecular complexity index is 1090. The summed E-state index contributed by atoms with van der Waals surface area (Å²) in [4.78, 5) is 25.0. The van der Waals surface area contributed by atoms with E-state index in [9.17, 15) is 14.7 Å². The second-order valence-electron chi connectivity index (χ2n) is 6.34. The fraction of sp³-hybridized carbons (Fsp3) is 0.368. The average molecular weight is 357 g/mol. The molecule has 1 N–H and O–H groups in total. The minimum Gasteiger partial charge on any atom is -0.487 e. The highest BCUT2D eigenvalue weighted by atomic mass is 16.5. The first kappa shape index (κ1) is 18.0. The molecule has 0 aliphatic carbocycles. The number of aromatic nitrogens is 3. The standard InChI is InChI=1S/C19H23N3O4/c1-5-22-15(11-26-13-8-6-7-12(2)9-13)14(10-23)16-17(22)20(3)19(25)21(4)18(16)24/h6-9,23H,5,10-11H2,1-4H3. The summed E-state index contributed by atoms with van der Waals surface area (Å²) < 4.78 is 10.3. The number of hydrogen-bond donors (Lipinski definition) is 1. The van der Waals surface area contributed by atoms with E-state index in [4.69, 9.17) is 4.74 Å².